The van der Waals surface area contributed by atoms with Gasteiger partial charge in [-0.2, -0.15) is 0 Å². The molecule has 0 saturated heterocycles. The minimum Gasteiger partial charge on any atom is -0.382 e. The van der Waals surface area contributed by atoms with E-state index in [4.69, 9.17) is 9.47 Å². The first-order valence-electron chi connectivity index (χ1n) is 6.80. The number of hydrogen-bond acceptors (Lipinski definition) is 3. The van der Waals surface area contributed by atoms with Crippen LogP contribution in [0.1, 0.15) is 24.1 Å². The summed E-state index contributed by atoms with van der Waals surface area (Å²) in [5.41, 5.74) is 2.36. The fraction of sp³-hybridized carbons (Fsp3) is 0.600. The van der Waals surface area contributed by atoms with Crippen LogP contribution in [-0.2, 0) is 15.9 Å². The van der Waals surface area contributed by atoms with Gasteiger partial charge in [0.1, 0.15) is 5.82 Å². The molecule has 2 atom stereocenters. The third kappa shape index (κ3) is 3.75. The Hall–Kier alpha value is -0.970. The molecule has 0 aliphatic heterocycles. The molecule has 2 rings (SSSR count). The fourth-order valence-electron chi connectivity index (χ4n) is 2.65. The average Bonchev–Trinajstić information content (AvgIpc) is 2.69. The highest BCUT2D eigenvalue weighted by Crippen LogP contribution is 2.35. The second-order valence-electron chi connectivity index (χ2n) is 5.06. The van der Waals surface area contributed by atoms with E-state index in [2.05, 4.69) is 12.2 Å². The molecule has 0 amide bonds. The van der Waals surface area contributed by atoms with Gasteiger partial charge in [0.15, 0.2) is 0 Å². The SMILES string of the molecule is COCCOCCN[C@@H]1c2cc(F)ccc2C[C@@H]1C. The van der Waals surface area contributed by atoms with Gasteiger partial charge in [0.05, 0.1) is 19.8 Å². The topological polar surface area (TPSA) is 30.5 Å². The van der Waals surface area contributed by atoms with Gasteiger partial charge in [0.25, 0.3) is 0 Å². The maximum Gasteiger partial charge on any atom is 0.123 e. The number of benzene rings is 1. The molecule has 0 heterocycles. The number of rotatable bonds is 7. The van der Waals surface area contributed by atoms with Crippen LogP contribution in [0.15, 0.2) is 18.2 Å². The lowest BCUT2D eigenvalue weighted by Crippen LogP contribution is -2.28. The van der Waals surface area contributed by atoms with Gasteiger partial charge in [-0.15, -0.1) is 0 Å². The first-order chi connectivity index (χ1) is 9.22. The summed E-state index contributed by atoms with van der Waals surface area (Å²) < 4.78 is 23.7. The van der Waals surface area contributed by atoms with E-state index in [1.807, 2.05) is 6.07 Å². The molecular formula is C15H22FNO2. The fourth-order valence-corrected chi connectivity index (χ4v) is 2.65. The molecule has 0 aromatic heterocycles. The minimum atomic E-state index is -0.156. The lowest BCUT2D eigenvalue weighted by Gasteiger charge is -2.18. The molecule has 1 N–H and O–H groups in total. The molecule has 4 heteroatoms. The summed E-state index contributed by atoms with van der Waals surface area (Å²) in [6.45, 7) is 4.85. The van der Waals surface area contributed by atoms with Gasteiger partial charge in [-0.25, -0.2) is 4.39 Å². The van der Waals surface area contributed by atoms with E-state index in [9.17, 15) is 4.39 Å². The van der Waals surface area contributed by atoms with E-state index >= 15 is 0 Å². The van der Waals surface area contributed by atoms with Crippen LogP contribution < -0.4 is 5.32 Å². The summed E-state index contributed by atoms with van der Waals surface area (Å²) in [7, 11) is 1.66. The van der Waals surface area contributed by atoms with Crippen molar-refractivity contribution in [2.45, 2.75) is 19.4 Å². The molecule has 0 spiro atoms. The van der Waals surface area contributed by atoms with Crippen LogP contribution >= 0.6 is 0 Å². The smallest absolute Gasteiger partial charge is 0.123 e. The second kappa shape index (κ2) is 6.98. The lowest BCUT2D eigenvalue weighted by atomic mass is 10.0. The molecule has 0 bridgehead atoms. The van der Waals surface area contributed by atoms with Crippen molar-refractivity contribution in [2.24, 2.45) is 5.92 Å². The van der Waals surface area contributed by atoms with Crippen molar-refractivity contribution in [1.82, 2.24) is 5.32 Å². The summed E-state index contributed by atoms with van der Waals surface area (Å²) in [5, 5.41) is 3.46. The Morgan fingerprint density at radius 2 is 2.16 bits per heavy atom. The van der Waals surface area contributed by atoms with E-state index in [0.717, 1.165) is 18.5 Å². The molecule has 0 saturated carbocycles. The Labute approximate surface area is 114 Å². The van der Waals surface area contributed by atoms with Gasteiger partial charge in [-0.05, 0) is 35.6 Å². The molecule has 1 aliphatic rings. The van der Waals surface area contributed by atoms with E-state index in [1.165, 1.54) is 5.56 Å². The molecular weight excluding hydrogens is 245 g/mol. The molecule has 0 fully saturated rings. The molecule has 1 aliphatic carbocycles. The van der Waals surface area contributed by atoms with Crippen molar-refractivity contribution >= 4 is 0 Å². The third-order valence-electron chi connectivity index (χ3n) is 3.60. The summed E-state index contributed by atoms with van der Waals surface area (Å²) in [6, 6.07) is 5.33. The predicted octanol–water partition coefficient (Wildman–Crippen LogP) is 2.31. The molecule has 19 heavy (non-hydrogen) atoms. The van der Waals surface area contributed by atoms with Crippen LogP contribution in [0.25, 0.3) is 0 Å². The molecule has 106 valence electrons. The first-order valence-corrected chi connectivity index (χ1v) is 6.80. The van der Waals surface area contributed by atoms with Crippen LogP contribution in [0, 0.1) is 11.7 Å². The van der Waals surface area contributed by atoms with E-state index in [0.29, 0.717) is 25.7 Å². The number of halogens is 1. The Kier molecular flexibility index (Phi) is 5.31. The van der Waals surface area contributed by atoms with Crippen molar-refractivity contribution in [3.63, 3.8) is 0 Å². The molecule has 1 aromatic rings. The van der Waals surface area contributed by atoms with Crippen molar-refractivity contribution in [3.8, 4) is 0 Å². The maximum absolute atomic E-state index is 13.3. The Balaban J connectivity index is 1.82. The highest BCUT2D eigenvalue weighted by Gasteiger charge is 2.28. The van der Waals surface area contributed by atoms with Crippen LogP contribution in [0.2, 0.25) is 0 Å². The van der Waals surface area contributed by atoms with Crippen molar-refractivity contribution in [1.29, 1.82) is 0 Å². The van der Waals surface area contributed by atoms with E-state index < -0.39 is 0 Å². The lowest BCUT2D eigenvalue weighted by molar-refractivity contribution is 0.0705. The maximum atomic E-state index is 13.3. The third-order valence-corrected chi connectivity index (χ3v) is 3.60. The van der Waals surface area contributed by atoms with Crippen LogP contribution in [0.4, 0.5) is 4.39 Å². The first kappa shape index (κ1) is 14.4. The van der Waals surface area contributed by atoms with Gasteiger partial charge in [-0.1, -0.05) is 13.0 Å². The van der Waals surface area contributed by atoms with E-state index in [-0.39, 0.29) is 11.9 Å². The van der Waals surface area contributed by atoms with Crippen molar-refractivity contribution in [3.05, 3.63) is 35.1 Å². The highest BCUT2D eigenvalue weighted by molar-refractivity contribution is 5.36. The van der Waals surface area contributed by atoms with Crippen LogP contribution in [0.3, 0.4) is 0 Å². The van der Waals surface area contributed by atoms with Crippen molar-refractivity contribution < 1.29 is 13.9 Å². The standard InChI is InChI=1S/C15H22FNO2/c1-11-9-12-3-4-13(16)10-14(12)15(11)17-5-6-19-8-7-18-2/h3-4,10-11,15,17H,5-9H2,1-2H3/t11-,15-/m0/s1. The number of nitrogens with one attached hydrogen (secondary N) is 1. The van der Waals surface area contributed by atoms with Crippen LogP contribution in [0.5, 0.6) is 0 Å². The predicted molar refractivity (Wildman–Crippen MR) is 72.7 cm³/mol. The van der Waals surface area contributed by atoms with Crippen molar-refractivity contribution in [2.75, 3.05) is 33.5 Å². The molecule has 1 aromatic carbocycles. The van der Waals surface area contributed by atoms with Gasteiger partial charge >= 0.3 is 0 Å². The number of methoxy groups -OCH3 is 1. The Morgan fingerprint density at radius 3 is 2.95 bits per heavy atom. The quantitative estimate of drug-likeness (QED) is 0.769. The zero-order valence-electron chi connectivity index (χ0n) is 11.6. The second-order valence-corrected chi connectivity index (χ2v) is 5.06. The van der Waals surface area contributed by atoms with Gasteiger partial charge in [-0.3, -0.25) is 0 Å². The largest absolute Gasteiger partial charge is 0.382 e. The minimum absolute atomic E-state index is 0.156. The van der Waals surface area contributed by atoms with Gasteiger partial charge in [0, 0.05) is 19.7 Å². The molecule has 0 unspecified atom stereocenters. The highest BCUT2D eigenvalue weighted by atomic mass is 19.1. The number of ether oxygens (including phenoxy) is 2. The summed E-state index contributed by atoms with van der Waals surface area (Å²) in [4.78, 5) is 0. The molecule has 0 radical (unpaired) electrons. The van der Waals surface area contributed by atoms with Crippen LogP contribution in [-0.4, -0.2) is 33.5 Å². The summed E-state index contributed by atoms with van der Waals surface area (Å²) in [6.07, 6.45) is 1.01. The number of fused-ring (bicyclic) bond motifs is 1. The Bertz CT molecular complexity index is 411. The van der Waals surface area contributed by atoms with Gasteiger partial charge in [0.2, 0.25) is 0 Å². The zero-order chi connectivity index (χ0) is 13.7. The Morgan fingerprint density at radius 1 is 1.32 bits per heavy atom. The van der Waals surface area contributed by atoms with Gasteiger partial charge < -0.3 is 14.8 Å². The normalized spacial score (nSPS) is 21.6. The molecule has 3 nitrogen and oxygen atoms in total. The average molecular weight is 267 g/mol. The monoisotopic (exact) mass is 267 g/mol. The summed E-state index contributed by atoms with van der Waals surface area (Å²) in [5.74, 6) is 0.340. The zero-order valence-corrected chi connectivity index (χ0v) is 11.6. The summed E-state index contributed by atoms with van der Waals surface area (Å²) >= 11 is 0. The number of hydrogen-bond donors (Lipinski definition) is 1. The van der Waals surface area contributed by atoms with E-state index in [1.54, 1.807) is 19.2 Å².